The summed E-state index contributed by atoms with van der Waals surface area (Å²) in [6.45, 7) is 3.70. The van der Waals surface area contributed by atoms with Crippen molar-refractivity contribution in [2.75, 3.05) is 31.1 Å². The molecule has 9 heteroatoms. The normalized spacial score (nSPS) is 14.7. The highest BCUT2D eigenvalue weighted by atomic mass is 19.4. The zero-order valence-corrected chi connectivity index (χ0v) is 16.8. The molecule has 2 heterocycles. The second-order valence-electron chi connectivity index (χ2n) is 7.37. The number of benzene rings is 2. The molecule has 1 fully saturated rings. The minimum atomic E-state index is -4.46. The first-order valence-electron chi connectivity index (χ1n) is 9.80. The van der Waals surface area contributed by atoms with E-state index in [0.29, 0.717) is 37.4 Å². The fourth-order valence-electron chi connectivity index (χ4n) is 3.75. The molecule has 4 rings (SSSR count). The quantitative estimate of drug-likeness (QED) is 0.686. The number of phenolic OH excluding ortho intramolecular Hbond substituents is 1. The highest BCUT2D eigenvalue weighted by molar-refractivity contribution is 5.95. The topological polar surface area (TPSA) is 61.6 Å². The lowest BCUT2D eigenvalue weighted by Gasteiger charge is -2.36. The summed E-state index contributed by atoms with van der Waals surface area (Å²) in [7, 11) is 0. The molecule has 1 aliphatic heterocycles. The van der Waals surface area contributed by atoms with Crippen LogP contribution in [0.1, 0.15) is 21.6 Å². The van der Waals surface area contributed by atoms with E-state index in [2.05, 4.69) is 5.10 Å². The van der Waals surface area contributed by atoms with E-state index < -0.39 is 11.7 Å². The number of halogens is 3. The molecular formula is C22H21F3N4O2. The van der Waals surface area contributed by atoms with E-state index in [1.165, 1.54) is 23.0 Å². The molecule has 31 heavy (non-hydrogen) atoms. The Morgan fingerprint density at radius 3 is 2.42 bits per heavy atom. The van der Waals surface area contributed by atoms with Gasteiger partial charge in [-0.15, -0.1) is 0 Å². The lowest BCUT2D eigenvalue weighted by Crippen LogP contribution is -2.48. The number of anilines is 1. The van der Waals surface area contributed by atoms with E-state index in [4.69, 9.17) is 0 Å². The van der Waals surface area contributed by atoms with Crippen molar-refractivity contribution in [1.29, 1.82) is 0 Å². The van der Waals surface area contributed by atoms with Crippen molar-refractivity contribution in [2.45, 2.75) is 13.1 Å². The summed E-state index contributed by atoms with van der Waals surface area (Å²) in [5.41, 5.74) is 1.04. The van der Waals surface area contributed by atoms with Gasteiger partial charge in [-0.1, -0.05) is 18.2 Å². The molecule has 0 unspecified atom stereocenters. The average Bonchev–Trinajstić information content (AvgIpc) is 3.14. The van der Waals surface area contributed by atoms with Crippen LogP contribution in [0.5, 0.6) is 5.75 Å². The van der Waals surface area contributed by atoms with Gasteiger partial charge in [0.05, 0.1) is 34.4 Å². The summed E-state index contributed by atoms with van der Waals surface area (Å²) in [4.78, 5) is 16.7. The Hall–Kier alpha value is -3.49. The van der Waals surface area contributed by atoms with Gasteiger partial charge in [0.2, 0.25) is 0 Å². The van der Waals surface area contributed by atoms with Gasteiger partial charge in [0.1, 0.15) is 5.75 Å². The van der Waals surface area contributed by atoms with Gasteiger partial charge in [0.25, 0.3) is 5.91 Å². The molecule has 2 aromatic carbocycles. The largest absolute Gasteiger partial charge is 0.506 e. The van der Waals surface area contributed by atoms with Gasteiger partial charge in [0.15, 0.2) is 0 Å². The Balaban J connectivity index is 1.50. The smallest absolute Gasteiger partial charge is 0.416 e. The van der Waals surface area contributed by atoms with Gasteiger partial charge in [0, 0.05) is 26.2 Å². The standard InChI is InChI=1S/C22H21F3N4O2/c1-15-18(14-26-29(15)17-6-4-5-16(13-17)22(23,24)25)21(31)28-11-9-27(10-12-28)19-7-2-3-8-20(19)30/h2-8,13-14,30H,9-12H2,1H3. The lowest BCUT2D eigenvalue weighted by molar-refractivity contribution is -0.137. The molecule has 162 valence electrons. The van der Waals surface area contributed by atoms with E-state index in [1.54, 1.807) is 24.0 Å². The van der Waals surface area contributed by atoms with Crippen molar-refractivity contribution in [1.82, 2.24) is 14.7 Å². The number of hydrogen-bond donors (Lipinski definition) is 1. The van der Waals surface area contributed by atoms with E-state index >= 15 is 0 Å². The number of phenols is 1. The number of rotatable bonds is 3. The molecule has 1 saturated heterocycles. The average molecular weight is 430 g/mol. The SMILES string of the molecule is Cc1c(C(=O)N2CCN(c3ccccc3O)CC2)cnn1-c1cccc(C(F)(F)F)c1. The number of carbonyl (C=O) groups is 1. The monoisotopic (exact) mass is 430 g/mol. The summed E-state index contributed by atoms with van der Waals surface area (Å²) in [6.07, 6.45) is -3.06. The molecule has 1 amide bonds. The Morgan fingerprint density at radius 1 is 1.03 bits per heavy atom. The molecular weight excluding hydrogens is 409 g/mol. The number of carbonyl (C=O) groups excluding carboxylic acids is 1. The Bertz CT molecular complexity index is 1100. The number of aromatic nitrogens is 2. The van der Waals surface area contributed by atoms with Gasteiger partial charge in [-0.3, -0.25) is 4.79 Å². The first kappa shape index (κ1) is 20.8. The van der Waals surface area contributed by atoms with Crippen molar-refractivity contribution in [2.24, 2.45) is 0 Å². The first-order chi connectivity index (χ1) is 14.8. The molecule has 0 radical (unpaired) electrons. The number of para-hydroxylation sites is 2. The number of amides is 1. The summed E-state index contributed by atoms with van der Waals surface area (Å²) >= 11 is 0. The predicted molar refractivity (Wildman–Crippen MR) is 110 cm³/mol. The Labute approximate surface area is 177 Å². The molecule has 1 N–H and O–H groups in total. The molecule has 0 spiro atoms. The molecule has 0 saturated carbocycles. The third-order valence-electron chi connectivity index (χ3n) is 5.45. The van der Waals surface area contributed by atoms with Gasteiger partial charge in [-0.2, -0.15) is 18.3 Å². The third kappa shape index (κ3) is 4.08. The molecule has 0 atom stereocenters. The van der Waals surface area contributed by atoms with Crippen LogP contribution < -0.4 is 4.90 Å². The lowest BCUT2D eigenvalue weighted by atomic mass is 10.1. The van der Waals surface area contributed by atoms with Crippen LogP contribution in [0.2, 0.25) is 0 Å². The summed E-state index contributed by atoms with van der Waals surface area (Å²) in [6, 6.07) is 11.9. The first-order valence-corrected chi connectivity index (χ1v) is 9.80. The minimum absolute atomic E-state index is 0.195. The fraction of sp³-hybridized carbons (Fsp3) is 0.273. The van der Waals surface area contributed by atoms with E-state index in [1.807, 2.05) is 17.0 Å². The molecule has 1 aliphatic rings. The van der Waals surface area contributed by atoms with E-state index in [-0.39, 0.29) is 17.3 Å². The maximum atomic E-state index is 13.0. The Morgan fingerprint density at radius 2 is 1.74 bits per heavy atom. The zero-order chi connectivity index (χ0) is 22.2. The van der Waals surface area contributed by atoms with Crippen molar-refractivity contribution < 1.29 is 23.1 Å². The minimum Gasteiger partial charge on any atom is -0.506 e. The summed E-state index contributed by atoms with van der Waals surface area (Å²) in [5, 5.41) is 14.2. The van der Waals surface area contributed by atoms with Crippen LogP contribution in [0.15, 0.2) is 54.7 Å². The highest BCUT2D eigenvalue weighted by Gasteiger charge is 2.31. The second kappa shape index (κ2) is 7.98. The van der Waals surface area contributed by atoms with Gasteiger partial charge >= 0.3 is 6.18 Å². The molecule has 1 aromatic heterocycles. The number of alkyl halides is 3. The second-order valence-corrected chi connectivity index (χ2v) is 7.37. The summed E-state index contributed by atoms with van der Waals surface area (Å²) in [5.74, 6) is -0.0202. The zero-order valence-electron chi connectivity index (χ0n) is 16.8. The molecule has 3 aromatic rings. The van der Waals surface area contributed by atoms with Crippen LogP contribution in [0.25, 0.3) is 5.69 Å². The van der Waals surface area contributed by atoms with E-state index in [9.17, 15) is 23.1 Å². The van der Waals surface area contributed by atoms with Crippen LogP contribution in [0.3, 0.4) is 0 Å². The van der Waals surface area contributed by atoms with E-state index in [0.717, 1.165) is 17.8 Å². The highest BCUT2D eigenvalue weighted by Crippen LogP contribution is 2.31. The summed E-state index contributed by atoms with van der Waals surface area (Å²) < 4.78 is 40.4. The number of piperazine rings is 1. The van der Waals surface area contributed by atoms with Crippen LogP contribution in [-0.2, 0) is 6.18 Å². The maximum absolute atomic E-state index is 13.0. The van der Waals surface area contributed by atoms with Gasteiger partial charge < -0.3 is 14.9 Å². The molecule has 0 aliphatic carbocycles. The van der Waals surface area contributed by atoms with Crippen LogP contribution in [0.4, 0.5) is 18.9 Å². The van der Waals surface area contributed by atoms with Gasteiger partial charge in [-0.25, -0.2) is 4.68 Å². The van der Waals surface area contributed by atoms with Crippen molar-refractivity contribution in [3.63, 3.8) is 0 Å². The Kier molecular flexibility index (Phi) is 5.34. The van der Waals surface area contributed by atoms with Gasteiger partial charge in [-0.05, 0) is 37.3 Å². The fourth-order valence-corrected chi connectivity index (χ4v) is 3.75. The van der Waals surface area contributed by atoms with Crippen LogP contribution >= 0.6 is 0 Å². The van der Waals surface area contributed by atoms with Crippen LogP contribution in [-0.4, -0.2) is 51.9 Å². The van der Waals surface area contributed by atoms with Crippen molar-refractivity contribution >= 4 is 11.6 Å². The molecule has 6 nitrogen and oxygen atoms in total. The maximum Gasteiger partial charge on any atom is 0.416 e. The number of hydrogen-bond acceptors (Lipinski definition) is 4. The predicted octanol–water partition coefficient (Wildman–Crippen LogP) is 3.87. The molecule has 0 bridgehead atoms. The number of nitrogens with zero attached hydrogens (tertiary/aromatic N) is 4. The van der Waals surface area contributed by atoms with Crippen molar-refractivity contribution in [3.8, 4) is 11.4 Å². The third-order valence-corrected chi connectivity index (χ3v) is 5.45. The number of aromatic hydroxyl groups is 1. The van der Waals surface area contributed by atoms with Crippen molar-refractivity contribution in [3.05, 3.63) is 71.5 Å². The van der Waals surface area contributed by atoms with Crippen LogP contribution in [0, 0.1) is 6.92 Å².